The minimum atomic E-state index is -0.397. The molecule has 0 unspecified atom stereocenters. The lowest BCUT2D eigenvalue weighted by atomic mass is 9.67. The molecule has 2 aliphatic rings. The Kier molecular flexibility index (Phi) is 6.06. The molecule has 0 radical (unpaired) electrons. The van der Waals surface area contributed by atoms with E-state index in [1.54, 1.807) is 0 Å². The monoisotopic (exact) mass is 628 g/mol. The first-order chi connectivity index (χ1) is 23.8. The summed E-state index contributed by atoms with van der Waals surface area (Å²) in [6.07, 6.45) is 0. The van der Waals surface area contributed by atoms with Gasteiger partial charge < -0.3 is 0 Å². The van der Waals surface area contributed by atoms with Crippen LogP contribution < -0.4 is 0 Å². The molecule has 2 heterocycles. The van der Waals surface area contributed by atoms with Crippen LogP contribution in [0, 0.1) is 0 Å². The van der Waals surface area contributed by atoms with E-state index in [9.17, 15) is 0 Å². The molecule has 2 nitrogen and oxygen atoms in total. The third kappa shape index (κ3) is 4.01. The van der Waals surface area contributed by atoms with Gasteiger partial charge in [-0.3, -0.25) is 0 Å². The molecule has 1 aliphatic heterocycles. The molecule has 3 heteroatoms. The van der Waals surface area contributed by atoms with Crippen LogP contribution in [0.3, 0.4) is 0 Å². The summed E-state index contributed by atoms with van der Waals surface area (Å²) in [6.45, 7) is 0. The number of aromatic nitrogens is 2. The smallest absolute Gasteiger partial charge is 0.160 e. The van der Waals surface area contributed by atoms with Gasteiger partial charge in [-0.1, -0.05) is 157 Å². The van der Waals surface area contributed by atoms with Crippen LogP contribution >= 0.6 is 11.8 Å². The molecule has 0 fully saturated rings. The van der Waals surface area contributed by atoms with Crippen molar-refractivity contribution in [3.63, 3.8) is 0 Å². The quantitative estimate of drug-likeness (QED) is 0.195. The Morgan fingerprint density at radius 3 is 1.73 bits per heavy atom. The number of hydrogen-bond donors (Lipinski definition) is 0. The summed E-state index contributed by atoms with van der Waals surface area (Å²) >= 11 is 1.85. The van der Waals surface area contributed by atoms with Crippen molar-refractivity contribution >= 4 is 22.5 Å². The highest BCUT2D eigenvalue weighted by Crippen LogP contribution is 2.62. The number of rotatable bonds is 3. The van der Waals surface area contributed by atoms with E-state index < -0.39 is 5.41 Å². The van der Waals surface area contributed by atoms with Crippen molar-refractivity contribution in [2.75, 3.05) is 0 Å². The predicted molar refractivity (Wildman–Crippen MR) is 197 cm³/mol. The summed E-state index contributed by atoms with van der Waals surface area (Å²) in [4.78, 5) is 13.0. The van der Waals surface area contributed by atoms with Crippen LogP contribution in [-0.4, -0.2) is 9.97 Å². The predicted octanol–water partition coefficient (Wildman–Crippen LogP) is 11.5. The molecule has 8 aromatic rings. The molecule has 1 spiro atoms. The molecule has 1 aliphatic carbocycles. The maximum Gasteiger partial charge on any atom is 0.160 e. The average Bonchev–Trinajstić information content (AvgIpc) is 3.45. The third-order valence-electron chi connectivity index (χ3n) is 9.95. The van der Waals surface area contributed by atoms with Crippen molar-refractivity contribution in [3.8, 4) is 45.0 Å². The fraction of sp³-hybridized carbons (Fsp3) is 0.0222. The molecule has 0 saturated carbocycles. The summed E-state index contributed by atoms with van der Waals surface area (Å²) in [5.74, 6) is 0.725. The zero-order valence-electron chi connectivity index (χ0n) is 26.0. The molecule has 7 aromatic carbocycles. The molecule has 0 amide bonds. The van der Waals surface area contributed by atoms with Crippen LogP contribution in [0.25, 0.3) is 55.8 Å². The Morgan fingerprint density at radius 2 is 0.958 bits per heavy atom. The molecule has 0 bridgehead atoms. The van der Waals surface area contributed by atoms with E-state index in [2.05, 4.69) is 164 Å². The van der Waals surface area contributed by atoms with Crippen molar-refractivity contribution in [1.29, 1.82) is 0 Å². The van der Waals surface area contributed by atoms with E-state index in [-0.39, 0.29) is 0 Å². The third-order valence-corrected chi connectivity index (χ3v) is 11.1. The lowest BCUT2D eigenvalue weighted by Gasteiger charge is -2.39. The van der Waals surface area contributed by atoms with Crippen LogP contribution in [0.5, 0.6) is 0 Å². The zero-order valence-corrected chi connectivity index (χ0v) is 26.8. The van der Waals surface area contributed by atoms with Gasteiger partial charge >= 0.3 is 0 Å². The summed E-state index contributed by atoms with van der Waals surface area (Å²) in [6, 6.07) is 61.3. The number of fused-ring (bicyclic) bond motifs is 10. The zero-order chi connectivity index (χ0) is 31.7. The van der Waals surface area contributed by atoms with Crippen LogP contribution in [0.15, 0.2) is 180 Å². The highest BCUT2D eigenvalue weighted by Gasteiger charge is 2.50. The molecule has 1 aromatic heterocycles. The summed E-state index contributed by atoms with van der Waals surface area (Å²) in [5, 5.41) is 2.41. The SMILES string of the molecule is c1ccc(-c2cc(-c3ccc4ccccc4c3)nc(-c3ccc4c(c3)Sc3ccccc3C43c4ccccc4-c4ccccc43)n2)cc1. The van der Waals surface area contributed by atoms with Crippen molar-refractivity contribution in [1.82, 2.24) is 9.97 Å². The molecule has 0 atom stereocenters. The molecular formula is C45H28N2S. The van der Waals surface area contributed by atoms with Gasteiger partial charge in [0, 0.05) is 26.5 Å². The van der Waals surface area contributed by atoms with Crippen LogP contribution in [0.1, 0.15) is 22.3 Å². The van der Waals surface area contributed by atoms with E-state index in [4.69, 9.17) is 9.97 Å². The second-order valence-electron chi connectivity index (χ2n) is 12.5. The lowest BCUT2D eigenvalue weighted by molar-refractivity contribution is 0.722. The van der Waals surface area contributed by atoms with Gasteiger partial charge in [0.25, 0.3) is 0 Å². The number of hydrogen-bond acceptors (Lipinski definition) is 3. The van der Waals surface area contributed by atoms with Gasteiger partial charge in [-0.05, 0) is 68.4 Å². The molecular weight excluding hydrogens is 601 g/mol. The molecule has 10 rings (SSSR count). The largest absolute Gasteiger partial charge is 0.228 e. The van der Waals surface area contributed by atoms with Crippen molar-refractivity contribution in [3.05, 3.63) is 192 Å². The maximum atomic E-state index is 5.24. The first-order valence-electron chi connectivity index (χ1n) is 16.3. The highest BCUT2D eigenvalue weighted by molar-refractivity contribution is 7.99. The standard InChI is InChI=1S/C45H28N2S/c1-2-13-30(14-3-1)40-28-41(32-23-22-29-12-4-5-15-31(29)26-32)47-44(46-40)33-24-25-39-43(27-33)48-42-21-11-10-20-38(42)45(39)36-18-8-6-16-34(36)35-17-7-9-19-37(35)45/h1-28H. The Labute approximate surface area is 283 Å². The highest BCUT2D eigenvalue weighted by atomic mass is 32.2. The Bertz CT molecular complexity index is 2510. The van der Waals surface area contributed by atoms with Crippen molar-refractivity contribution < 1.29 is 0 Å². The summed E-state index contributed by atoms with van der Waals surface area (Å²) in [7, 11) is 0. The molecule has 224 valence electrons. The van der Waals surface area contributed by atoms with Crippen LogP contribution in [0.2, 0.25) is 0 Å². The fourth-order valence-electron chi connectivity index (χ4n) is 7.83. The normalized spacial score (nSPS) is 13.5. The topological polar surface area (TPSA) is 25.8 Å². The molecule has 0 saturated heterocycles. The average molecular weight is 629 g/mol. The van der Waals surface area contributed by atoms with Gasteiger partial charge in [0.2, 0.25) is 0 Å². The van der Waals surface area contributed by atoms with E-state index in [1.165, 1.54) is 53.9 Å². The molecule has 0 N–H and O–H groups in total. The van der Waals surface area contributed by atoms with Gasteiger partial charge in [0.15, 0.2) is 5.82 Å². The van der Waals surface area contributed by atoms with Crippen LogP contribution in [-0.2, 0) is 5.41 Å². The Balaban J connectivity index is 1.19. The van der Waals surface area contributed by atoms with Crippen LogP contribution in [0.4, 0.5) is 0 Å². The van der Waals surface area contributed by atoms with E-state index in [0.29, 0.717) is 0 Å². The summed E-state index contributed by atoms with van der Waals surface area (Å²) < 4.78 is 0. The Hall–Kier alpha value is -5.77. The minimum Gasteiger partial charge on any atom is -0.228 e. The second-order valence-corrected chi connectivity index (χ2v) is 13.6. The van der Waals surface area contributed by atoms with Gasteiger partial charge in [0.05, 0.1) is 16.8 Å². The van der Waals surface area contributed by atoms with E-state index in [1.807, 2.05) is 17.8 Å². The fourth-order valence-corrected chi connectivity index (χ4v) is 9.06. The van der Waals surface area contributed by atoms with Crippen molar-refractivity contribution in [2.45, 2.75) is 15.2 Å². The van der Waals surface area contributed by atoms with Gasteiger partial charge in [-0.25, -0.2) is 9.97 Å². The van der Waals surface area contributed by atoms with E-state index in [0.717, 1.165) is 33.9 Å². The first-order valence-corrected chi connectivity index (χ1v) is 17.1. The number of benzene rings is 7. The minimum absolute atomic E-state index is 0.397. The van der Waals surface area contributed by atoms with Gasteiger partial charge in [-0.15, -0.1) is 0 Å². The maximum absolute atomic E-state index is 5.24. The second kappa shape index (κ2) is 10.6. The summed E-state index contributed by atoms with van der Waals surface area (Å²) in [5.41, 5.74) is 12.5. The van der Waals surface area contributed by atoms with Crippen molar-refractivity contribution in [2.24, 2.45) is 0 Å². The Morgan fingerprint density at radius 1 is 0.375 bits per heavy atom. The van der Waals surface area contributed by atoms with E-state index >= 15 is 0 Å². The van der Waals surface area contributed by atoms with Gasteiger partial charge in [-0.2, -0.15) is 0 Å². The number of nitrogens with zero attached hydrogens (tertiary/aromatic N) is 2. The lowest BCUT2D eigenvalue weighted by Crippen LogP contribution is -2.31. The first kappa shape index (κ1) is 27.4. The molecule has 48 heavy (non-hydrogen) atoms. The van der Waals surface area contributed by atoms with Gasteiger partial charge in [0.1, 0.15) is 0 Å².